The van der Waals surface area contributed by atoms with Crippen molar-refractivity contribution in [3.8, 4) is 0 Å². The molecule has 0 aromatic carbocycles. The lowest BCUT2D eigenvalue weighted by Crippen LogP contribution is -2.50. The van der Waals surface area contributed by atoms with Gasteiger partial charge in [-0.05, 0) is 0 Å². The molecule has 1 aliphatic heterocycles. The van der Waals surface area contributed by atoms with Gasteiger partial charge in [0.1, 0.15) is 12.4 Å². The fourth-order valence-electron chi connectivity index (χ4n) is 1.04. The highest BCUT2D eigenvalue weighted by Gasteiger charge is 2.65. The summed E-state index contributed by atoms with van der Waals surface area (Å²) < 4.78 is 96.8. The largest absolute Gasteiger partial charge is 0.511 e. The topological polar surface area (TPSA) is 44.8 Å². The van der Waals surface area contributed by atoms with Crippen molar-refractivity contribution in [2.24, 2.45) is 0 Å². The smallest absolute Gasteiger partial charge is 0.427 e. The van der Waals surface area contributed by atoms with E-state index < -0.39 is 49.4 Å². The quantitative estimate of drug-likeness (QED) is 0.593. The molecular formula is C8H5F7O4. The number of cyclic esters (lactones) is 2. The van der Waals surface area contributed by atoms with Crippen molar-refractivity contribution >= 4 is 6.16 Å². The summed E-state index contributed by atoms with van der Waals surface area (Å²) in [5, 5.41) is 0. The van der Waals surface area contributed by atoms with E-state index in [9.17, 15) is 35.5 Å². The van der Waals surface area contributed by atoms with E-state index in [0.29, 0.717) is 0 Å². The molecule has 1 aliphatic rings. The average molecular weight is 298 g/mol. The minimum atomic E-state index is -5.29. The molecule has 1 unspecified atom stereocenters. The average Bonchev–Trinajstić information content (AvgIpc) is 2.55. The number of allylic oxidation sites excluding steroid dienone is 1. The first-order chi connectivity index (χ1) is 8.45. The fraction of sp³-hybridized carbons (Fsp3) is 0.625. The molecule has 1 fully saturated rings. The summed E-state index contributed by atoms with van der Waals surface area (Å²) in [5.74, 6) is -5.63. The number of hydrogen-bond acceptors (Lipinski definition) is 4. The molecule has 110 valence electrons. The molecular weight excluding hydrogens is 293 g/mol. The van der Waals surface area contributed by atoms with Gasteiger partial charge >= 0.3 is 24.3 Å². The van der Waals surface area contributed by atoms with Crippen molar-refractivity contribution in [2.75, 3.05) is 13.2 Å². The number of ether oxygens (including phenoxy) is 3. The summed E-state index contributed by atoms with van der Waals surface area (Å²) in [6, 6.07) is 0. The summed E-state index contributed by atoms with van der Waals surface area (Å²) in [5.41, 5.74) is 0. The molecule has 4 nitrogen and oxygen atoms in total. The Morgan fingerprint density at radius 3 is 2.26 bits per heavy atom. The molecule has 0 radical (unpaired) electrons. The van der Waals surface area contributed by atoms with Crippen LogP contribution >= 0.6 is 0 Å². The van der Waals surface area contributed by atoms with E-state index in [2.05, 4.69) is 14.2 Å². The summed E-state index contributed by atoms with van der Waals surface area (Å²) in [7, 11) is 0. The lowest BCUT2D eigenvalue weighted by molar-refractivity contribution is -0.348. The lowest BCUT2D eigenvalue weighted by atomic mass is 10.3. The molecule has 1 saturated heterocycles. The minimum absolute atomic E-state index is 0.880. The Bertz CT molecular complexity index is 386. The van der Waals surface area contributed by atoms with Gasteiger partial charge in [0.2, 0.25) is 0 Å². The summed E-state index contributed by atoms with van der Waals surface area (Å²) in [6.45, 7) is -3.12. The van der Waals surface area contributed by atoms with Gasteiger partial charge in [-0.15, -0.1) is 0 Å². The van der Waals surface area contributed by atoms with Crippen molar-refractivity contribution < 1.29 is 49.7 Å². The Hall–Kier alpha value is -1.52. The molecule has 0 spiro atoms. The van der Waals surface area contributed by atoms with Crippen LogP contribution in [-0.4, -0.2) is 37.5 Å². The maximum Gasteiger partial charge on any atom is 0.511 e. The molecule has 0 aliphatic carbocycles. The highest BCUT2D eigenvalue weighted by Crippen LogP contribution is 2.39. The molecule has 0 N–H and O–H groups in total. The molecule has 1 heterocycles. The van der Waals surface area contributed by atoms with E-state index >= 15 is 0 Å². The van der Waals surface area contributed by atoms with Crippen LogP contribution < -0.4 is 0 Å². The predicted octanol–water partition coefficient (Wildman–Crippen LogP) is 2.84. The first-order valence-electron chi connectivity index (χ1n) is 4.46. The third-order valence-electron chi connectivity index (χ3n) is 1.82. The third kappa shape index (κ3) is 3.98. The van der Waals surface area contributed by atoms with Gasteiger partial charge in [0.05, 0.1) is 6.08 Å². The number of hydrogen-bond donors (Lipinski definition) is 0. The first kappa shape index (κ1) is 15.5. The van der Waals surface area contributed by atoms with Gasteiger partial charge in [-0.25, -0.2) is 9.18 Å². The van der Waals surface area contributed by atoms with Crippen LogP contribution in [0.5, 0.6) is 0 Å². The standard InChI is InChI=1S/C8H5F7O4/c9-4(1-7(10,11)12)2-18-6(8(13,14)15)3-17-5(16)19-6/h1H,2-3H2/b4-1+. The third-order valence-corrected chi connectivity index (χ3v) is 1.82. The monoisotopic (exact) mass is 298 g/mol. The Morgan fingerprint density at radius 1 is 1.32 bits per heavy atom. The summed E-state index contributed by atoms with van der Waals surface area (Å²) in [6.07, 6.45) is -13.0. The molecule has 0 aromatic heterocycles. The van der Waals surface area contributed by atoms with Gasteiger partial charge in [0, 0.05) is 0 Å². The van der Waals surface area contributed by atoms with E-state index in [-0.39, 0.29) is 0 Å². The van der Waals surface area contributed by atoms with Gasteiger partial charge in [0.25, 0.3) is 0 Å². The van der Waals surface area contributed by atoms with Crippen molar-refractivity contribution in [3.05, 3.63) is 11.9 Å². The van der Waals surface area contributed by atoms with E-state index in [1.165, 1.54) is 0 Å². The van der Waals surface area contributed by atoms with Crippen LogP contribution in [0.4, 0.5) is 35.5 Å². The maximum absolute atomic E-state index is 12.7. The van der Waals surface area contributed by atoms with Crippen molar-refractivity contribution in [3.63, 3.8) is 0 Å². The number of alkyl halides is 6. The minimum Gasteiger partial charge on any atom is -0.427 e. The lowest BCUT2D eigenvalue weighted by Gasteiger charge is -2.26. The van der Waals surface area contributed by atoms with Crippen molar-refractivity contribution in [1.82, 2.24) is 0 Å². The number of carbonyl (C=O) groups excluding carboxylic acids is 1. The molecule has 0 bridgehead atoms. The Kier molecular flexibility index (Phi) is 3.98. The van der Waals surface area contributed by atoms with Crippen LogP contribution in [0, 0.1) is 0 Å². The second-order valence-electron chi connectivity index (χ2n) is 3.31. The van der Waals surface area contributed by atoms with Gasteiger partial charge in [-0.1, -0.05) is 0 Å². The van der Waals surface area contributed by atoms with Crippen LogP contribution in [0.3, 0.4) is 0 Å². The van der Waals surface area contributed by atoms with Crippen molar-refractivity contribution in [2.45, 2.75) is 18.1 Å². The van der Waals surface area contributed by atoms with Crippen molar-refractivity contribution in [1.29, 1.82) is 0 Å². The number of rotatable bonds is 3. The molecule has 0 aromatic rings. The Labute approximate surface area is 100 Å². The SMILES string of the molecule is O=C1OCC(OC/C(F)=C\C(F)(F)F)(C(F)(F)F)O1. The molecule has 11 heteroatoms. The predicted molar refractivity (Wildman–Crippen MR) is 42.4 cm³/mol. The normalized spacial score (nSPS) is 25.2. The van der Waals surface area contributed by atoms with E-state index in [0.717, 1.165) is 0 Å². The summed E-state index contributed by atoms with van der Waals surface area (Å²) >= 11 is 0. The highest BCUT2D eigenvalue weighted by molar-refractivity contribution is 5.62. The van der Waals surface area contributed by atoms with Gasteiger partial charge in [-0.2, -0.15) is 26.3 Å². The molecule has 19 heavy (non-hydrogen) atoms. The number of halogens is 7. The second-order valence-corrected chi connectivity index (χ2v) is 3.31. The molecule has 0 amide bonds. The zero-order valence-corrected chi connectivity index (χ0v) is 8.77. The number of carbonyl (C=O) groups is 1. The molecule has 0 saturated carbocycles. The second kappa shape index (κ2) is 4.87. The Balaban J connectivity index is 2.77. The van der Waals surface area contributed by atoms with E-state index in [1.807, 2.05) is 0 Å². The fourth-order valence-corrected chi connectivity index (χ4v) is 1.04. The Morgan fingerprint density at radius 2 is 1.89 bits per heavy atom. The van der Waals surface area contributed by atoms with Crippen LogP contribution in [0.25, 0.3) is 0 Å². The molecule has 1 rings (SSSR count). The zero-order valence-electron chi connectivity index (χ0n) is 8.77. The highest BCUT2D eigenvalue weighted by atomic mass is 19.4. The maximum atomic E-state index is 12.7. The van der Waals surface area contributed by atoms with E-state index in [1.54, 1.807) is 0 Å². The van der Waals surface area contributed by atoms with Gasteiger partial charge in [0.15, 0.2) is 6.61 Å². The van der Waals surface area contributed by atoms with Crippen LogP contribution in [-0.2, 0) is 14.2 Å². The van der Waals surface area contributed by atoms with Crippen LogP contribution in [0.1, 0.15) is 0 Å². The van der Waals surface area contributed by atoms with Gasteiger partial charge in [-0.3, -0.25) is 0 Å². The first-order valence-corrected chi connectivity index (χ1v) is 4.46. The van der Waals surface area contributed by atoms with Gasteiger partial charge < -0.3 is 14.2 Å². The summed E-state index contributed by atoms with van der Waals surface area (Å²) in [4.78, 5) is 10.5. The van der Waals surface area contributed by atoms with E-state index in [4.69, 9.17) is 0 Å². The van der Waals surface area contributed by atoms with Crippen LogP contribution in [0.2, 0.25) is 0 Å². The van der Waals surface area contributed by atoms with Crippen LogP contribution in [0.15, 0.2) is 11.9 Å². The molecule has 1 atom stereocenters. The zero-order chi connectivity index (χ0) is 14.9.